The van der Waals surface area contributed by atoms with Gasteiger partial charge in [0, 0.05) is 39.1 Å². The molecule has 108 valence electrons. The van der Waals surface area contributed by atoms with Crippen molar-refractivity contribution in [2.75, 3.05) is 32.7 Å². The highest BCUT2D eigenvalue weighted by Crippen LogP contribution is 2.20. The van der Waals surface area contributed by atoms with Gasteiger partial charge in [0.05, 0.1) is 6.04 Å². The van der Waals surface area contributed by atoms with Gasteiger partial charge >= 0.3 is 0 Å². The zero-order valence-electron chi connectivity index (χ0n) is 12.6. The topological polar surface area (TPSA) is 45.4 Å². The van der Waals surface area contributed by atoms with E-state index in [1.807, 2.05) is 6.92 Å². The predicted molar refractivity (Wildman–Crippen MR) is 74.9 cm³/mol. The van der Waals surface area contributed by atoms with Gasteiger partial charge in [0.1, 0.15) is 0 Å². The van der Waals surface area contributed by atoms with Gasteiger partial charge in [-0.1, -0.05) is 25.9 Å². The van der Waals surface area contributed by atoms with Crippen LogP contribution in [0.5, 0.6) is 0 Å². The van der Waals surface area contributed by atoms with E-state index in [1.165, 1.54) is 6.54 Å². The van der Waals surface area contributed by atoms with Crippen molar-refractivity contribution in [3.63, 3.8) is 0 Å². The molecule has 0 spiro atoms. The molecule has 0 aromatic carbocycles. The third kappa shape index (κ3) is 3.76. The van der Waals surface area contributed by atoms with Crippen molar-refractivity contribution >= 4 is 0 Å². The molecule has 19 heavy (non-hydrogen) atoms. The fourth-order valence-electron chi connectivity index (χ4n) is 2.59. The minimum Gasteiger partial charge on any atom is -0.338 e. The molecule has 0 N–H and O–H groups in total. The molecule has 1 aliphatic heterocycles. The van der Waals surface area contributed by atoms with Crippen LogP contribution in [0.3, 0.4) is 0 Å². The first-order valence-electron chi connectivity index (χ1n) is 7.39. The molecule has 1 fully saturated rings. The van der Waals surface area contributed by atoms with Crippen LogP contribution in [0.1, 0.15) is 45.5 Å². The average Bonchev–Trinajstić information content (AvgIpc) is 2.87. The van der Waals surface area contributed by atoms with E-state index in [1.54, 1.807) is 0 Å². The van der Waals surface area contributed by atoms with Gasteiger partial charge in [-0.05, 0) is 12.8 Å². The lowest BCUT2D eigenvalue weighted by Gasteiger charge is -2.37. The Bertz CT molecular complexity index is 383. The molecule has 5 nitrogen and oxygen atoms in total. The first-order chi connectivity index (χ1) is 9.10. The predicted octanol–water partition coefficient (Wildman–Crippen LogP) is 1.97. The van der Waals surface area contributed by atoms with Gasteiger partial charge in [-0.3, -0.25) is 4.90 Å². The highest BCUT2D eigenvalue weighted by Gasteiger charge is 2.25. The van der Waals surface area contributed by atoms with Gasteiger partial charge in [-0.2, -0.15) is 4.98 Å². The first-order valence-corrected chi connectivity index (χ1v) is 7.39. The number of aryl methyl sites for hydroxylation is 1. The number of hydrogen-bond acceptors (Lipinski definition) is 5. The van der Waals surface area contributed by atoms with Crippen molar-refractivity contribution in [3.05, 3.63) is 11.7 Å². The maximum Gasteiger partial charge on any atom is 0.243 e. The zero-order chi connectivity index (χ0) is 13.8. The molecular weight excluding hydrogens is 240 g/mol. The summed E-state index contributed by atoms with van der Waals surface area (Å²) >= 11 is 0. The number of rotatable bonds is 5. The first kappa shape index (κ1) is 14.5. The molecule has 5 heteroatoms. The second-order valence-corrected chi connectivity index (χ2v) is 5.81. The summed E-state index contributed by atoms with van der Waals surface area (Å²) in [6.45, 7) is 14.4. The van der Waals surface area contributed by atoms with Crippen LogP contribution in [0, 0.1) is 5.92 Å². The molecule has 1 aromatic heterocycles. The third-order valence-corrected chi connectivity index (χ3v) is 3.74. The Morgan fingerprint density at radius 1 is 1.16 bits per heavy atom. The van der Waals surface area contributed by atoms with Crippen molar-refractivity contribution in [2.45, 2.75) is 40.2 Å². The molecule has 2 rings (SSSR count). The van der Waals surface area contributed by atoms with Gasteiger partial charge in [0.2, 0.25) is 5.89 Å². The van der Waals surface area contributed by atoms with Crippen molar-refractivity contribution in [1.82, 2.24) is 19.9 Å². The highest BCUT2D eigenvalue weighted by atomic mass is 16.5. The van der Waals surface area contributed by atoms with E-state index in [4.69, 9.17) is 4.52 Å². The Morgan fingerprint density at radius 2 is 1.84 bits per heavy atom. The van der Waals surface area contributed by atoms with E-state index >= 15 is 0 Å². The molecule has 0 amide bonds. The second kappa shape index (κ2) is 6.48. The molecule has 0 unspecified atom stereocenters. The maximum atomic E-state index is 5.35. The van der Waals surface area contributed by atoms with E-state index in [2.05, 4.69) is 40.7 Å². The molecule has 0 radical (unpaired) electrons. The number of piperazine rings is 1. The molecule has 0 saturated carbocycles. The van der Waals surface area contributed by atoms with Gasteiger partial charge in [0.15, 0.2) is 5.82 Å². The molecular formula is C14H26N4O. The highest BCUT2D eigenvalue weighted by molar-refractivity contribution is 4.93. The summed E-state index contributed by atoms with van der Waals surface area (Å²) in [6, 6.07) is 0.231. The largest absolute Gasteiger partial charge is 0.338 e. The Balaban J connectivity index is 1.86. The molecule has 1 aliphatic rings. The number of hydrogen-bond donors (Lipinski definition) is 0. The van der Waals surface area contributed by atoms with Crippen LogP contribution in [0.15, 0.2) is 4.52 Å². The van der Waals surface area contributed by atoms with Crippen molar-refractivity contribution in [1.29, 1.82) is 0 Å². The van der Waals surface area contributed by atoms with Crippen LogP contribution in [0.25, 0.3) is 0 Å². The van der Waals surface area contributed by atoms with E-state index in [0.717, 1.165) is 50.2 Å². The van der Waals surface area contributed by atoms with Crippen LogP contribution in [0.4, 0.5) is 0 Å². The fourth-order valence-corrected chi connectivity index (χ4v) is 2.59. The lowest BCUT2D eigenvalue weighted by atomic mass is 10.1. The van der Waals surface area contributed by atoms with Crippen molar-refractivity contribution < 1.29 is 4.52 Å². The Labute approximate surface area is 116 Å². The summed E-state index contributed by atoms with van der Waals surface area (Å²) in [5.74, 6) is 2.31. The zero-order valence-corrected chi connectivity index (χ0v) is 12.6. The van der Waals surface area contributed by atoms with E-state index < -0.39 is 0 Å². The lowest BCUT2D eigenvalue weighted by molar-refractivity contribution is 0.0821. The lowest BCUT2D eigenvalue weighted by Crippen LogP contribution is -2.48. The Kier molecular flexibility index (Phi) is 4.93. The standard InChI is InChI=1S/C14H26N4O/c1-5-13-15-14(19-16-13)12(4)18-8-6-17(7-9-18)10-11(2)3/h11-12H,5-10H2,1-4H3/t12-/m0/s1. The molecule has 0 aliphatic carbocycles. The molecule has 1 aromatic rings. The Hall–Kier alpha value is -0.940. The number of aromatic nitrogens is 2. The van der Waals surface area contributed by atoms with E-state index in [9.17, 15) is 0 Å². The van der Waals surface area contributed by atoms with Gasteiger partial charge < -0.3 is 9.42 Å². The van der Waals surface area contributed by atoms with E-state index in [-0.39, 0.29) is 6.04 Å². The van der Waals surface area contributed by atoms with Gasteiger partial charge in [-0.15, -0.1) is 0 Å². The SMILES string of the molecule is CCc1noc([C@H](C)N2CCN(CC(C)C)CC2)n1. The maximum absolute atomic E-state index is 5.35. The van der Waals surface area contributed by atoms with Crippen LogP contribution in [-0.2, 0) is 6.42 Å². The molecule has 2 heterocycles. The second-order valence-electron chi connectivity index (χ2n) is 5.81. The summed E-state index contributed by atoms with van der Waals surface area (Å²) in [5.41, 5.74) is 0. The fraction of sp³-hybridized carbons (Fsp3) is 0.857. The minimum absolute atomic E-state index is 0.231. The summed E-state index contributed by atoms with van der Waals surface area (Å²) in [6.07, 6.45) is 0.832. The third-order valence-electron chi connectivity index (χ3n) is 3.74. The van der Waals surface area contributed by atoms with Crippen molar-refractivity contribution in [2.24, 2.45) is 5.92 Å². The Morgan fingerprint density at radius 3 is 2.37 bits per heavy atom. The smallest absolute Gasteiger partial charge is 0.243 e. The summed E-state index contributed by atoms with van der Waals surface area (Å²) in [5, 5.41) is 3.98. The van der Waals surface area contributed by atoms with Gasteiger partial charge in [-0.25, -0.2) is 0 Å². The van der Waals surface area contributed by atoms with Crippen LogP contribution in [0.2, 0.25) is 0 Å². The molecule has 1 atom stereocenters. The van der Waals surface area contributed by atoms with Crippen LogP contribution >= 0.6 is 0 Å². The van der Waals surface area contributed by atoms with Crippen LogP contribution < -0.4 is 0 Å². The van der Waals surface area contributed by atoms with E-state index in [0.29, 0.717) is 0 Å². The summed E-state index contributed by atoms with van der Waals surface area (Å²) in [7, 11) is 0. The molecule has 0 bridgehead atoms. The molecule has 1 saturated heterocycles. The summed E-state index contributed by atoms with van der Waals surface area (Å²) < 4.78 is 5.35. The summed E-state index contributed by atoms with van der Waals surface area (Å²) in [4.78, 5) is 9.41. The average molecular weight is 266 g/mol. The normalized spacial score (nSPS) is 20.1. The van der Waals surface area contributed by atoms with Crippen molar-refractivity contribution in [3.8, 4) is 0 Å². The van der Waals surface area contributed by atoms with Crippen LogP contribution in [-0.4, -0.2) is 52.7 Å². The monoisotopic (exact) mass is 266 g/mol. The number of nitrogens with zero attached hydrogens (tertiary/aromatic N) is 4. The minimum atomic E-state index is 0.231. The van der Waals surface area contributed by atoms with Gasteiger partial charge in [0.25, 0.3) is 0 Å². The quantitative estimate of drug-likeness (QED) is 0.815.